The van der Waals surface area contributed by atoms with Crippen molar-refractivity contribution in [3.05, 3.63) is 0 Å². The molecule has 2 rings (SSSR count). The molecule has 2 heteroatoms. The smallest absolute Gasteiger partial charge is 0.0120 e. The number of piperidine rings is 2. The molecule has 0 aromatic rings. The van der Waals surface area contributed by atoms with Crippen LogP contribution in [0, 0.1) is 5.92 Å². The number of unbranched alkanes of at least 4 members (excludes halogenated alkanes) is 2. The van der Waals surface area contributed by atoms with E-state index >= 15 is 0 Å². The Morgan fingerprint density at radius 2 is 1.55 bits per heavy atom. The Kier molecular flexibility index (Phi) is 6.83. The van der Waals surface area contributed by atoms with E-state index in [0.717, 1.165) is 18.0 Å². The van der Waals surface area contributed by atoms with Crippen LogP contribution in [0.25, 0.3) is 0 Å². The Bertz CT molecular complexity index is 248. The van der Waals surface area contributed by atoms with Crippen molar-refractivity contribution in [2.45, 2.75) is 84.2 Å². The fourth-order valence-electron chi connectivity index (χ4n) is 4.06. The third kappa shape index (κ3) is 4.73. The van der Waals surface area contributed by atoms with E-state index in [1.807, 2.05) is 0 Å². The summed E-state index contributed by atoms with van der Waals surface area (Å²) in [6, 6.07) is 1.63. The van der Waals surface area contributed by atoms with E-state index in [1.165, 1.54) is 77.5 Å². The second-order valence-corrected chi connectivity index (χ2v) is 7.34. The molecule has 2 nitrogen and oxygen atoms in total. The molecule has 0 aromatic carbocycles. The summed E-state index contributed by atoms with van der Waals surface area (Å²) in [4.78, 5) is 5.46. The van der Waals surface area contributed by atoms with E-state index in [9.17, 15) is 0 Å². The van der Waals surface area contributed by atoms with Gasteiger partial charge in [-0.3, -0.25) is 0 Å². The Hall–Kier alpha value is -0.0800. The number of likely N-dealkylation sites (tertiary alicyclic amines) is 2. The van der Waals surface area contributed by atoms with Gasteiger partial charge in [0.15, 0.2) is 0 Å². The van der Waals surface area contributed by atoms with Crippen molar-refractivity contribution in [1.29, 1.82) is 0 Å². The highest BCUT2D eigenvalue weighted by Crippen LogP contribution is 2.27. The lowest BCUT2D eigenvalue weighted by Crippen LogP contribution is -2.49. The summed E-state index contributed by atoms with van der Waals surface area (Å²) in [5.74, 6) is 1.04. The van der Waals surface area contributed by atoms with Gasteiger partial charge in [-0.25, -0.2) is 0 Å². The maximum Gasteiger partial charge on any atom is 0.0120 e. The van der Waals surface area contributed by atoms with E-state index in [-0.39, 0.29) is 0 Å². The second-order valence-electron chi connectivity index (χ2n) is 7.34. The van der Waals surface area contributed by atoms with E-state index in [2.05, 4.69) is 30.6 Å². The Balaban J connectivity index is 1.64. The molecular formula is C18H36N2. The highest BCUT2D eigenvalue weighted by atomic mass is 15.2. The van der Waals surface area contributed by atoms with Crippen molar-refractivity contribution in [3.63, 3.8) is 0 Å². The van der Waals surface area contributed by atoms with E-state index in [0.29, 0.717) is 0 Å². The maximum absolute atomic E-state index is 2.81. The number of nitrogens with zero attached hydrogens (tertiary/aromatic N) is 2. The maximum atomic E-state index is 2.81. The van der Waals surface area contributed by atoms with Crippen LogP contribution in [-0.4, -0.2) is 48.1 Å². The van der Waals surface area contributed by atoms with Crippen molar-refractivity contribution in [1.82, 2.24) is 9.80 Å². The third-order valence-electron chi connectivity index (χ3n) is 5.61. The minimum absolute atomic E-state index is 0.736. The van der Waals surface area contributed by atoms with Gasteiger partial charge >= 0.3 is 0 Å². The van der Waals surface area contributed by atoms with Gasteiger partial charge in [-0.2, -0.15) is 0 Å². The highest BCUT2D eigenvalue weighted by molar-refractivity contribution is 4.84. The SMILES string of the molecule is CCCCCC1CCN(C2CCN(C(C)C)CC2)CC1. The summed E-state index contributed by atoms with van der Waals surface area (Å²) in [7, 11) is 0. The van der Waals surface area contributed by atoms with Gasteiger partial charge in [-0.15, -0.1) is 0 Å². The van der Waals surface area contributed by atoms with Crippen LogP contribution in [-0.2, 0) is 0 Å². The van der Waals surface area contributed by atoms with E-state index in [4.69, 9.17) is 0 Å². The lowest BCUT2D eigenvalue weighted by Gasteiger charge is -2.42. The van der Waals surface area contributed by atoms with Crippen LogP contribution in [0.3, 0.4) is 0 Å². The molecule has 0 unspecified atom stereocenters. The van der Waals surface area contributed by atoms with Gasteiger partial charge in [0.25, 0.3) is 0 Å². The predicted octanol–water partition coefficient (Wildman–Crippen LogP) is 4.15. The van der Waals surface area contributed by atoms with Gasteiger partial charge in [-0.1, -0.05) is 32.6 Å². The van der Waals surface area contributed by atoms with Gasteiger partial charge in [0.05, 0.1) is 0 Å². The summed E-state index contributed by atoms with van der Waals surface area (Å²) in [5, 5.41) is 0. The molecule has 2 fully saturated rings. The van der Waals surface area contributed by atoms with Gasteiger partial charge in [0.1, 0.15) is 0 Å². The van der Waals surface area contributed by atoms with Crippen LogP contribution in [0.1, 0.15) is 72.1 Å². The first kappa shape index (κ1) is 16.3. The molecule has 0 aromatic heterocycles. The largest absolute Gasteiger partial charge is 0.301 e. The minimum atomic E-state index is 0.736. The number of rotatable bonds is 6. The van der Waals surface area contributed by atoms with Crippen LogP contribution in [0.2, 0.25) is 0 Å². The minimum Gasteiger partial charge on any atom is -0.301 e. The van der Waals surface area contributed by atoms with Crippen LogP contribution >= 0.6 is 0 Å². The quantitative estimate of drug-likeness (QED) is 0.674. The topological polar surface area (TPSA) is 6.48 Å². The van der Waals surface area contributed by atoms with Gasteiger partial charge in [0.2, 0.25) is 0 Å². The summed E-state index contributed by atoms with van der Waals surface area (Å²) in [6.45, 7) is 12.4. The number of hydrogen-bond acceptors (Lipinski definition) is 2. The number of hydrogen-bond donors (Lipinski definition) is 0. The molecule has 0 saturated carbocycles. The molecule has 2 aliphatic heterocycles. The normalized spacial score (nSPS) is 24.6. The first-order chi connectivity index (χ1) is 9.70. The molecule has 0 spiro atoms. The summed E-state index contributed by atoms with van der Waals surface area (Å²) in [5.41, 5.74) is 0. The van der Waals surface area contributed by atoms with Crippen molar-refractivity contribution >= 4 is 0 Å². The fraction of sp³-hybridized carbons (Fsp3) is 1.00. The zero-order valence-electron chi connectivity index (χ0n) is 14.1. The van der Waals surface area contributed by atoms with E-state index < -0.39 is 0 Å². The molecule has 0 amide bonds. The average Bonchev–Trinajstić information content (AvgIpc) is 2.48. The predicted molar refractivity (Wildman–Crippen MR) is 88.2 cm³/mol. The van der Waals surface area contributed by atoms with Crippen molar-refractivity contribution < 1.29 is 0 Å². The first-order valence-electron chi connectivity index (χ1n) is 9.18. The monoisotopic (exact) mass is 280 g/mol. The van der Waals surface area contributed by atoms with Gasteiger partial charge in [-0.05, 0) is 71.6 Å². The van der Waals surface area contributed by atoms with Crippen LogP contribution in [0.15, 0.2) is 0 Å². The summed E-state index contributed by atoms with van der Waals surface area (Å²) < 4.78 is 0. The molecule has 0 aliphatic carbocycles. The Morgan fingerprint density at radius 3 is 2.10 bits per heavy atom. The van der Waals surface area contributed by atoms with Crippen LogP contribution in [0.5, 0.6) is 0 Å². The van der Waals surface area contributed by atoms with Crippen LogP contribution in [0.4, 0.5) is 0 Å². The van der Waals surface area contributed by atoms with Gasteiger partial charge < -0.3 is 9.80 Å². The molecule has 2 aliphatic rings. The molecule has 0 atom stereocenters. The molecule has 2 saturated heterocycles. The van der Waals surface area contributed by atoms with Crippen molar-refractivity contribution in [2.24, 2.45) is 5.92 Å². The zero-order valence-corrected chi connectivity index (χ0v) is 14.1. The summed E-state index contributed by atoms with van der Waals surface area (Å²) in [6.07, 6.45) is 11.5. The molecular weight excluding hydrogens is 244 g/mol. The molecule has 118 valence electrons. The molecule has 0 radical (unpaired) electrons. The highest BCUT2D eigenvalue weighted by Gasteiger charge is 2.28. The van der Waals surface area contributed by atoms with Gasteiger partial charge in [0, 0.05) is 12.1 Å². The standard InChI is InChI=1S/C18H36N2/c1-4-5-6-7-17-8-12-20(13-9-17)18-10-14-19(15-11-18)16(2)3/h16-18H,4-15H2,1-3H3. The molecule has 20 heavy (non-hydrogen) atoms. The molecule has 0 bridgehead atoms. The fourth-order valence-corrected chi connectivity index (χ4v) is 4.06. The third-order valence-corrected chi connectivity index (χ3v) is 5.61. The second kappa shape index (κ2) is 8.38. The lowest BCUT2D eigenvalue weighted by atomic mass is 9.89. The molecule has 2 heterocycles. The Labute approximate surface area is 126 Å². The Morgan fingerprint density at radius 1 is 0.900 bits per heavy atom. The summed E-state index contributed by atoms with van der Waals surface area (Å²) >= 11 is 0. The van der Waals surface area contributed by atoms with E-state index in [1.54, 1.807) is 0 Å². The zero-order chi connectivity index (χ0) is 14.4. The van der Waals surface area contributed by atoms with Crippen molar-refractivity contribution in [3.8, 4) is 0 Å². The average molecular weight is 281 g/mol. The lowest BCUT2D eigenvalue weighted by molar-refractivity contribution is 0.0657. The first-order valence-corrected chi connectivity index (χ1v) is 9.18. The van der Waals surface area contributed by atoms with Crippen molar-refractivity contribution in [2.75, 3.05) is 26.2 Å². The van der Waals surface area contributed by atoms with Crippen LogP contribution < -0.4 is 0 Å². The molecule has 0 N–H and O–H groups in total.